The molecular weight excluding hydrogens is 570 g/mol. The van der Waals surface area contributed by atoms with E-state index in [-0.39, 0.29) is 37.4 Å². The molecule has 226 valence electrons. The summed E-state index contributed by atoms with van der Waals surface area (Å²) in [6.07, 6.45) is -5.94. The number of amides is 4. The summed E-state index contributed by atoms with van der Waals surface area (Å²) >= 11 is 0. The van der Waals surface area contributed by atoms with Crippen LogP contribution in [0, 0.1) is 5.82 Å². The van der Waals surface area contributed by atoms with Crippen LogP contribution < -0.4 is 5.32 Å². The van der Waals surface area contributed by atoms with Crippen molar-refractivity contribution in [1.82, 2.24) is 25.1 Å². The van der Waals surface area contributed by atoms with Gasteiger partial charge in [-0.1, -0.05) is 48.5 Å². The highest BCUT2D eigenvalue weighted by Crippen LogP contribution is 2.35. The number of likely N-dealkylation sites (N-methyl/N-ethyl adjacent to an activating group) is 1. The van der Waals surface area contributed by atoms with Gasteiger partial charge in [0.2, 0.25) is 11.8 Å². The summed E-state index contributed by atoms with van der Waals surface area (Å²) in [5, 5.41) is 15.2. The molecule has 0 unspecified atom stereocenters. The van der Waals surface area contributed by atoms with Crippen molar-refractivity contribution in [2.45, 2.75) is 37.9 Å². The van der Waals surface area contributed by atoms with E-state index in [1.165, 1.54) is 39.0 Å². The fourth-order valence-corrected chi connectivity index (χ4v) is 5.51. The highest BCUT2D eigenvalue weighted by atomic mass is 19.4. The number of piperazine rings is 1. The Morgan fingerprint density at radius 2 is 1.70 bits per heavy atom. The number of hydrazine groups is 1. The topological polar surface area (TPSA) is 96.4 Å². The number of alkyl halides is 3. The van der Waals surface area contributed by atoms with Crippen molar-refractivity contribution >= 4 is 17.8 Å². The summed E-state index contributed by atoms with van der Waals surface area (Å²) in [5.74, 6) is -2.14. The minimum Gasteiger partial charge on any atom is -0.508 e. The largest absolute Gasteiger partial charge is 0.508 e. The number of fused-ring (bicyclic) bond motifs is 1. The fourth-order valence-electron chi connectivity index (χ4n) is 5.51. The molecule has 0 radical (unpaired) electrons. The Morgan fingerprint density at radius 3 is 2.37 bits per heavy atom. The van der Waals surface area contributed by atoms with Gasteiger partial charge in [0.05, 0.1) is 18.7 Å². The van der Waals surface area contributed by atoms with E-state index in [0.29, 0.717) is 11.6 Å². The summed E-state index contributed by atoms with van der Waals surface area (Å²) in [6.45, 7) is -0.851. The lowest BCUT2D eigenvalue weighted by Gasteiger charge is -2.54. The third-order valence-electron chi connectivity index (χ3n) is 7.54. The molecule has 9 nitrogen and oxygen atoms in total. The number of urea groups is 1. The Hall–Kier alpha value is -4.65. The maximum absolute atomic E-state index is 13.9. The molecular formula is C30H29F4N5O4. The predicted octanol–water partition coefficient (Wildman–Crippen LogP) is 3.73. The maximum atomic E-state index is 13.9. The highest BCUT2D eigenvalue weighted by Gasteiger charge is 2.51. The number of nitrogens with one attached hydrogen (secondary N) is 1. The molecule has 5 rings (SSSR count). The summed E-state index contributed by atoms with van der Waals surface area (Å²) in [6, 6.07) is 15.6. The van der Waals surface area contributed by atoms with Gasteiger partial charge in [0.15, 0.2) is 0 Å². The van der Waals surface area contributed by atoms with Gasteiger partial charge in [0.25, 0.3) is 0 Å². The van der Waals surface area contributed by atoms with Crippen LogP contribution in [0.1, 0.15) is 22.3 Å². The molecule has 43 heavy (non-hydrogen) atoms. The van der Waals surface area contributed by atoms with Gasteiger partial charge in [-0.2, -0.15) is 13.2 Å². The number of hydrogen-bond acceptors (Lipinski definition) is 5. The molecule has 0 aliphatic carbocycles. The average Bonchev–Trinajstić information content (AvgIpc) is 2.96. The van der Waals surface area contributed by atoms with E-state index in [2.05, 4.69) is 5.32 Å². The zero-order valence-electron chi connectivity index (χ0n) is 23.1. The molecule has 2 atom stereocenters. The smallest absolute Gasteiger partial charge is 0.416 e. The molecule has 0 bridgehead atoms. The number of phenols is 1. The SMILES string of the molecule is CN1CC(=O)N2[C@@H](CN(Cc3ccc(F)cc3C(F)(F)F)C(=O)[C@@H]2Cc2ccc(O)cc2)N1C(=O)NCc1ccccc1. The third kappa shape index (κ3) is 6.41. The van der Waals surface area contributed by atoms with Gasteiger partial charge >= 0.3 is 12.2 Å². The first-order valence-corrected chi connectivity index (χ1v) is 13.5. The number of carbonyl (C=O) groups is 3. The minimum atomic E-state index is -4.88. The van der Waals surface area contributed by atoms with Crippen LogP contribution in [-0.4, -0.2) is 75.1 Å². The number of carbonyl (C=O) groups excluding carboxylic acids is 3. The summed E-state index contributed by atoms with van der Waals surface area (Å²) in [5.41, 5.74) is -0.131. The van der Waals surface area contributed by atoms with Crippen LogP contribution in [0.25, 0.3) is 0 Å². The molecule has 2 aliphatic heterocycles. The first-order chi connectivity index (χ1) is 20.4. The minimum absolute atomic E-state index is 0.00819. The van der Waals surface area contributed by atoms with Crippen LogP contribution in [0.15, 0.2) is 72.8 Å². The Bertz CT molecular complexity index is 1500. The molecule has 4 amide bonds. The lowest BCUT2D eigenvalue weighted by atomic mass is 9.97. The van der Waals surface area contributed by atoms with E-state index in [1.54, 1.807) is 12.1 Å². The van der Waals surface area contributed by atoms with Crippen LogP contribution in [0.2, 0.25) is 0 Å². The van der Waals surface area contributed by atoms with Gasteiger partial charge in [-0.25, -0.2) is 19.2 Å². The molecule has 0 aromatic heterocycles. The predicted molar refractivity (Wildman–Crippen MR) is 146 cm³/mol. The number of nitrogens with zero attached hydrogens (tertiary/aromatic N) is 4. The number of benzene rings is 3. The summed E-state index contributed by atoms with van der Waals surface area (Å²) in [7, 11) is 1.54. The van der Waals surface area contributed by atoms with Crippen molar-refractivity contribution in [3.63, 3.8) is 0 Å². The first-order valence-electron chi connectivity index (χ1n) is 13.5. The first kappa shape index (κ1) is 29.8. The summed E-state index contributed by atoms with van der Waals surface area (Å²) in [4.78, 5) is 43.3. The number of hydrogen-bond donors (Lipinski definition) is 2. The molecule has 2 fully saturated rings. The Morgan fingerprint density at radius 1 is 1.00 bits per heavy atom. The molecule has 2 N–H and O–H groups in total. The van der Waals surface area contributed by atoms with Gasteiger partial charge < -0.3 is 20.2 Å². The van der Waals surface area contributed by atoms with Crippen molar-refractivity contribution in [3.05, 3.63) is 101 Å². The maximum Gasteiger partial charge on any atom is 0.416 e. The van der Waals surface area contributed by atoms with E-state index in [1.807, 2.05) is 30.3 Å². The zero-order valence-corrected chi connectivity index (χ0v) is 23.1. The van der Waals surface area contributed by atoms with E-state index in [4.69, 9.17) is 0 Å². The standard InChI is InChI=1S/C30H29F4N5O4/c1-36-18-27(41)38-25(13-19-7-11-23(40)12-8-19)28(42)37(16-21-9-10-22(31)14-24(21)30(32,33)34)17-26(38)39(36)29(43)35-15-20-5-3-2-4-6-20/h2-12,14,25-26,40H,13,15-18H2,1H3,(H,35,43)/t25-,26+/m0/s1. The Labute approximate surface area is 244 Å². The molecule has 2 heterocycles. The van der Waals surface area contributed by atoms with Crippen LogP contribution in [0.5, 0.6) is 5.75 Å². The molecule has 0 saturated carbocycles. The second-order valence-corrected chi connectivity index (χ2v) is 10.5. The van der Waals surface area contributed by atoms with Crippen LogP contribution >= 0.6 is 0 Å². The van der Waals surface area contributed by atoms with E-state index in [0.717, 1.165) is 17.7 Å². The van der Waals surface area contributed by atoms with Gasteiger partial charge in [-0.15, -0.1) is 0 Å². The number of phenolic OH excluding ortho intramolecular Hbond substituents is 1. The van der Waals surface area contributed by atoms with Crippen LogP contribution in [0.3, 0.4) is 0 Å². The van der Waals surface area contributed by atoms with E-state index in [9.17, 15) is 37.1 Å². The molecule has 3 aromatic rings. The van der Waals surface area contributed by atoms with Crippen molar-refractivity contribution in [3.8, 4) is 5.75 Å². The number of aromatic hydroxyl groups is 1. The number of halogens is 4. The second kappa shape index (κ2) is 11.9. The van der Waals surface area contributed by atoms with E-state index < -0.39 is 54.2 Å². The van der Waals surface area contributed by atoms with Crippen molar-refractivity contribution in [2.24, 2.45) is 0 Å². The van der Waals surface area contributed by atoms with Gasteiger partial charge in [0, 0.05) is 26.6 Å². The molecule has 2 saturated heterocycles. The van der Waals surface area contributed by atoms with Crippen molar-refractivity contribution in [2.75, 3.05) is 20.1 Å². The van der Waals surface area contributed by atoms with Crippen molar-refractivity contribution in [1.29, 1.82) is 0 Å². The van der Waals surface area contributed by atoms with Crippen LogP contribution in [0.4, 0.5) is 22.4 Å². The van der Waals surface area contributed by atoms with E-state index >= 15 is 0 Å². The van der Waals surface area contributed by atoms with Gasteiger partial charge in [0.1, 0.15) is 23.8 Å². The molecule has 0 spiro atoms. The quantitative estimate of drug-likeness (QED) is 0.421. The van der Waals surface area contributed by atoms with Crippen molar-refractivity contribution < 1.29 is 37.1 Å². The average molecular weight is 600 g/mol. The normalized spacial score (nSPS) is 19.4. The zero-order chi connectivity index (χ0) is 30.9. The lowest BCUT2D eigenvalue weighted by Crippen LogP contribution is -2.76. The second-order valence-electron chi connectivity index (χ2n) is 10.5. The summed E-state index contributed by atoms with van der Waals surface area (Å²) < 4.78 is 55.3. The number of rotatable bonds is 6. The Kier molecular flexibility index (Phi) is 8.27. The molecule has 13 heteroatoms. The lowest BCUT2D eigenvalue weighted by molar-refractivity contribution is -0.187. The third-order valence-corrected chi connectivity index (χ3v) is 7.54. The van der Waals surface area contributed by atoms with Gasteiger partial charge in [-0.05, 0) is 41.0 Å². The Balaban J connectivity index is 1.50. The fraction of sp³-hybridized carbons (Fsp3) is 0.300. The van der Waals surface area contributed by atoms with Gasteiger partial charge in [-0.3, -0.25) is 9.59 Å². The monoisotopic (exact) mass is 599 g/mol. The van der Waals surface area contributed by atoms with Crippen LogP contribution in [-0.2, 0) is 35.3 Å². The molecule has 2 aliphatic rings. The highest BCUT2D eigenvalue weighted by molar-refractivity contribution is 5.91. The molecule has 3 aromatic carbocycles.